The largest absolute Gasteiger partial charge is 0.349 e. The van der Waals surface area contributed by atoms with E-state index < -0.39 is 0 Å². The Balaban J connectivity index is 1.33. The minimum Gasteiger partial charge on any atom is -0.349 e. The number of nitrogens with one attached hydrogen (secondary N) is 1. The molecule has 0 saturated carbocycles. The van der Waals surface area contributed by atoms with Gasteiger partial charge < -0.3 is 14.8 Å². The number of rotatable bonds is 5. The highest BCUT2D eigenvalue weighted by atomic mass is 16.7. The van der Waals surface area contributed by atoms with Crippen LogP contribution in [-0.4, -0.2) is 45.4 Å². The highest BCUT2D eigenvalue weighted by Gasteiger charge is 2.23. The number of carbonyl (C=O) groups excluding carboxylic acids is 1. The van der Waals surface area contributed by atoms with Crippen molar-refractivity contribution in [3.8, 4) is 22.8 Å². The van der Waals surface area contributed by atoms with Crippen molar-refractivity contribution in [2.45, 2.75) is 32.6 Å². The zero-order valence-electron chi connectivity index (χ0n) is 17.5. The molecule has 8 nitrogen and oxygen atoms in total. The smallest absolute Gasteiger partial charge is 0.269 e. The lowest BCUT2D eigenvalue weighted by Crippen LogP contribution is -2.35. The van der Waals surface area contributed by atoms with Crippen LogP contribution in [0.3, 0.4) is 0 Å². The first-order valence-electron chi connectivity index (χ1n) is 10.7. The molecule has 1 aromatic carbocycles. The van der Waals surface area contributed by atoms with Gasteiger partial charge in [-0.05, 0) is 18.6 Å². The van der Waals surface area contributed by atoms with Crippen LogP contribution in [-0.2, 0) is 16.0 Å². The molecule has 3 aromatic rings. The topological polar surface area (TPSA) is 91.2 Å². The Morgan fingerprint density at radius 2 is 1.94 bits per heavy atom. The van der Waals surface area contributed by atoms with Gasteiger partial charge in [0.25, 0.3) is 5.91 Å². The summed E-state index contributed by atoms with van der Waals surface area (Å²) in [5, 5.41) is 7.36. The first kappa shape index (κ1) is 19.8. The summed E-state index contributed by atoms with van der Waals surface area (Å²) in [6.07, 6.45) is 3.66. The van der Waals surface area contributed by atoms with Gasteiger partial charge in [-0.2, -0.15) is 5.10 Å². The lowest BCUT2D eigenvalue weighted by atomic mass is 10.0. The Hall–Kier alpha value is -3.10. The molecular formula is C23H25N5O3. The number of nitrogens with zero attached hydrogens (tertiary/aromatic N) is 4. The fourth-order valence-corrected chi connectivity index (χ4v) is 4.00. The Morgan fingerprint density at radius 1 is 1.13 bits per heavy atom. The number of benzene rings is 1. The standard InChI is InChI=1S/C23H25N5O3/c1-2-3-15-13-30-23(31-14-15)17-6-4-16(5-7-17)21-24-9-8-18(26-21)19-12-20-22(29)25-10-11-28(20)27-19/h4-9,12,15,23H,2-3,10-11,13-14H2,1H3,(H,25,29)/t15-,23-. The number of hydrogen-bond donors (Lipinski definition) is 1. The van der Waals surface area contributed by atoms with E-state index in [-0.39, 0.29) is 12.2 Å². The van der Waals surface area contributed by atoms with E-state index in [9.17, 15) is 4.79 Å². The molecule has 2 aliphatic heterocycles. The first-order valence-corrected chi connectivity index (χ1v) is 10.7. The quantitative estimate of drug-likeness (QED) is 0.683. The molecule has 1 fully saturated rings. The van der Waals surface area contributed by atoms with Gasteiger partial charge in [-0.15, -0.1) is 0 Å². The van der Waals surface area contributed by atoms with Crippen molar-refractivity contribution in [1.82, 2.24) is 25.1 Å². The molecule has 0 bridgehead atoms. The molecule has 0 spiro atoms. The molecule has 160 valence electrons. The molecular weight excluding hydrogens is 394 g/mol. The summed E-state index contributed by atoms with van der Waals surface area (Å²) < 4.78 is 13.5. The van der Waals surface area contributed by atoms with E-state index in [4.69, 9.17) is 9.47 Å². The third-order valence-corrected chi connectivity index (χ3v) is 5.64. The van der Waals surface area contributed by atoms with Crippen LogP contribution >= 0.6 is 0 Å². The highest BCUT2D eigenvalue weighted by molar-refractivity contribution is 5.94. The fourth-order valence-electron chi connectivity index (χ4n) is 4.00. The number of amides is 1. The summed E-state index contributed by atoms with van der Waals surface area (Å²) in [6, 6.07) is 11.5. The van der Waals surface area contributed by atoms with Crippen molar-refractivity contribution >= 4 is 5.91 Å². The highest BCUT2D eigenvalue weighted by Crippen LogP contribution is 2.28. The molecule has 2 aliphatic rings. The number of ether oxygens (including phenoxy) is 2. The van der Waals surface area contributed by atoms with Crippen LogP contribution in [0.5, 0.6) is 0 Å². The van der Waals surface area contributed by atoms with Crippen molar-refractivity contribution in [3.05, 3.63) is 53.9 Å². The minimum absolute atomic E-state index is 0.108. The lowest BCUT2D eigenvalue weighted by molar-refractivity contribution is -0.206. The Kier molecular flexibility index (Phi) is 5.48. The zero-order chi connectivity index (χ0) is 21.2. The SMILES string of the molecule is CCC[C@H]1CO[C@H](c2ccc(-c3nccc(-c4cc5n(n4)CCNC5=O)n3)cc2)OC1. The van der Waals surface area contributed by atoms with Gasteiger partial charge in [0.05, 0.1) is 25.5 Å². The van der Waals surface area contributed by atoms with Crippen molar-refractivity contribution in [3.63, 3.8) is 0 Å². The number of hydrogen-bond acceptors (Lipinski definition) is 6. The predicted octanol–water partition coefficient (Wildman–Crippen LogP) is 3.21. The van der Waals surface area contributed by atoms with Gasteiger partial charge in [0.1, 0.15) is 11.4 Å². The molecule has 0 aliphatic carbocycles. The summed E-state index contributed by atoms with van der Waals surface area (Å²) in [5.74, 6) is 0.979. The fraction of sp³-hybridized carbons (Fsp3) is 0.391. The molecule has 8 heteroatoms. The Morgan fingerprint density at radius 3 is 2.68 bits per heavy atom. The van der Waals surface area contributed by atoms with Crippen molar-refractivity contribution < 1.29 is 14.3 Å². The second kappa shape index (κ2) is 8.56. The van der Waals surface area contributed by atoms with E-state index in [0.29, 0.717) is 41.9 Å². The molecule has 0 atom stereocenters. The van der Waals surface area contributed by atoms with Crippen molar-refractivity contribution in [1.29, 1.82) is 0 Å². The molecule has 1 N–H and O–H groups in total. The van der Waals surface area contributed by atoms with Crippen LogP contribution in [0.15, 0.2) is 42.6 Å². The third kappa shape index (κ3) is 4.08. The van der Waals surface area contributed by atoms with Gasteiger partial charge in [0, 0.05) is 29.8 Å². The van der Waals surface area contributed by atoms with Gasteiger partial charge in [-0.3, -0.25) is 9.48 Å². The monoisotopic (exact) mass is 419 g/mol. The Bertz CT molecular complexity index is 1070. The van der Waals surface area contributed by atoms with Crippen LogP contribution < -0.4 is 5.32 Å². The molecule has 0 unspecified atom stereocenters. The predicted molar refractivity (Wildman–Crippen MR) is 114 cm³/mol. The van der Waals surface area contributed by atoms with E-state index in [1.807, 2.05) is 24.3 Å². The molecule has 1 amide bonds. The molecule has 1 saturated heterocycles. The van der Waals surface area contributed by atoms with E-state index in [2.05, 4.69) is 27.3 Å². The van der Waals surface area contributed by atoms with E-state index in [1.54, 1.807) is 23.0 Å². The van der Waals surface area contributed by atoms with Gasteiger partial charge in [0.2, 0.25) is 0 Å². The van der Waals surface area contributed by atoms with Crippen LogP contribution in [0.4, 0.5) is 0 Å². The van der Waals surface area contributed by atoms with Gasteiger partial charge in [-0.1, -0.05) is 37.6 Å². The van der Waals surface area contributed by atoms with Gasteiger partial charge in [-0.25, -0.2) is 9.97 Å². The Labute approximate surface area is 180 Å². The third-order valence-electron chi connectivity index (χ3n) is 5.64. The average molecular weight is 419 g/mol. The molecule has 2 aromatic heterocycles. The maximum Gasteiger partial charge on any atom is 0.269 e. The maximum absolute atomic E-state index is 12.0. The van der Waals surface area contributed by atoms with Gasteiger partial charge in [0.15, 0.2) is 12.1 Å². The molecule has 5 rings (SSSR count). The summed E-state index contributed by atoms with van der Waals surface area (Å²) in [7, 11) is 0. The second-order valence-corrected chi connectivity index (χ2v) is 7.93. The number of aromatic nitrogens is 4. The zero-order valence-corrected chi connectivity index (χ0v) is 17.5. The summed E-state index contributed by atoms with van der Waals surface area (Å²) >= 11 is 0. The second-order valence-electron chi connectivity index (χ2n) is 7.93. The van der Waals surface area contributed by atoms with Crippen LogP contribution in [0, 0.1) is 5.92 Å². The summed E-state index contributed by atoms with van der Waals surface area (Å²) in [6.45, 7) is 4.89. The lowest BCUT2D eigenvalue weighted by Gasteiger charge is -2.29. The first-order chi connectivity index (χ1) is 15.2. The van der Waals surface area contributed by atoms with E-state index >= 15 is 0 Å². The van der Waals surface area contributed by atoms with Crippen molar-refractivity contribution in [2.75, 3.05) is 19.8 Å². The average Bonchev–Trinajstić information content (AvgIpc) is 3.26. The van der Waals surface area contributed by atoms with E-state index in [0.717, 1.165) is 37.2 Å². The maximum atomic E-state index is 12.0. The van der Waals surface area contributed by atoms with E-state index in [1.165, 1.54) is 0 Å². The normalized spacial score (nSPS) is 20.9. The molecule has 31 heavy (non-hydrogen) atoms. The summed E-state index contributed by atoms with van der Waals surface area (Å²) in [4.78, 5) is 21.1. The molecule has 4 heterocycles. The van der Waals surface area contributed by atoms with Crippen LogP contribution in [0.25, 0.3) is 22.8 Å². The minimum atomic E-state index is -0.322. The molecule has 0 radical (unpaired) electrons. The van der Waals surface area contributed by atoms with Crippen molar-refractivity contribution in [2.24, 2.45) is 5.92 Å². The van der Waals surface area contributed by atoms with Crippen LogP contribution in [0.1, 0.15) is 42.1 Å². The van der Waals surface area contributed by atoms with Crippen LogP contribution in [0.2, 0.25) is 0 Å². The number of carbonyl (C=O) groups is 1. The number of fused-ring (bicyclic) bond motifs is 1. The van der Waals surface area contributed by atoms with Gasteiger partial charge >= 0.3 is 0 Å². The summed E-state index contributed by atoms with van der Waals surface area (Å²) in [5.41, 5.74) is 3.79.